The molecule has 0 spiro atoms. The second-order valence-corrected chi connectivity index (χ2v) is 5.80. The predicted octanol–water partition coefficient (Wildman–Crippen LogP) is 6.03. The monoisotopic (exact) mass is 342 g/mol. The van der Waals surface area contributed by atoms with Crippen LogP contribution in [0.1, 0.15) is 22.8 Å². The van der Waals surface area contributed by atoms with Crippen LogP contribution in [0.5, 0.6) is 5.75 Å². The summed E-state index contributed by atoms with van der Waals surface area (Å²) >= 11 is 0. The number of hydrogen-bond acceptors (Lipinski definition) is 2. The lowest BCUT2D eigenvalue weighted by atomic mass is 10.0. The minimum Gasteiger partial charge on any atom is -0.497 e. The van der Waals surface area contributed by atoms with Crippen molar-refractivity contribution in [3.8, 4) is 5.75 Å². The third-order valence-electron chi connectivity index (χ3n) is 4.01. The summed E-state index contributed by atoms with van der Waals surface area (Å²) in [6, 6.07) is 28.3. The van der Waals surface area contributed by atoms with E-state index in [1.807, 2.05) is 78.9 Å². The highest BCUT2D eigenvalue weighted by molar-refractivity contribution is 5.50. The summed E-state index contributed by atoms with van der Waals surface area (Å²) in [7, 11) is 1.67. The molecular weight excluding hydrogens is 320 g/mol. The molecule has 130 valence electrons. The van der Waals surface area contributed by atoms with Crippen molar-refractivity contribution in [1.29, 1.82) is 0 Å². The van der Waals surface area contributed by atoms with Gasteiger partial charge >= 0.3 is 0 Å². The van der Waals surface area contributed by atoms with Crippen molar-refractivity contribution in [3.63, 3.8) is 0 Å². The van der Waals surface area contributed by atoms with E-state index < -0.39 is 0 Å². The lowest BCUT2D eigenvalue weighted by Gasteiger charge is -2.18. The second-order valence-electron chi connectivity index (χ2n) is 5.80. The van der Waals surface area contributed by atoms with E-state index in [0.29, 0.717) is 0 Å². The van der Waals surface area contributed by atoms with Gasteiger partial charge in [-0.2, -0.15) is 0 Å². The van der Waals surface area contributed by atoms with Crippen molar-refractivity contribution in [2.45, 2.75) is 6.10 Å². The molecule has 0 radical (unpaired) electrons. The normalized spacial score (nSPS) is 12.3. The Labute approximate surface area is 155 Å². The topological polar surface area (TPSA) is 18.5 Å². The first-order chi connectivity index (χ1) is 12.9. The molecule has 0 aliphatic carbocycles. The first-order valence-corrected chi connectivity index (χ1v) is 8.59. The molecule has 0 saturated heterocycles. The zero-order chi connectivity index (χ0) is 18.0. The third kappa shape index (κ3) is 4.87. The molecule has 0 heterocycles. The fraction of sp³-hybridized carbons (Fsp3) is 0.0833. The van der Waals surface area contributed by atoms with Crippen molar-refractivity contribution in [3.05, 3.63) is 120 Å². The van der Waals surface area contributed by atoms with E-state index in [1.54, 1.807) is 13.4 Å². The average molecular weight is 342 g/mol. The van der Waals surface area contributed by atoms with Gasteiger partial charge in [-0.3, -0.25) is 0 Å². The molecule has 2 heteroatoms. The van der Waals surface area contributed by atoms with Crippen molar-refractivity contribution in [2.24, 2.45) is 0 Å². The summed E-state index contributed by atoms with van der Waals surface area (Å²) in [6.45, 7) is 0. The van der Waals surface area contributed by atoms with E-state index in [1.165, 1.54) is 0 Å². The molecule has 0 fully saturated rings. The Morgan fingerprint density at radius 2 is 1.31 bits per heavy atom. The minimum absolute atomic E-state index is 0.163. The number of rotatable bonds is 7. The predicted molar refractivity (Wildman–Crippen MR) is 107 cm³/mol. The number of hydrogen-bond donors (Lipinski definition) is 0. The van der Waals surface area contributed by atoms with Gasteiger partial charge in [0.25, 0.3) is 0 Å². The van der Waals surface area contributed by atoms with E-state index in [9.17, 15) is 0 Å². The van der Waals surface area contributed by atoms with Crippen LogP contribution in [-0.4, -0.2) is 7.11 Å². The van der Waals surface area contributed by atoms with Gasteiger partial charge in [0.15, 0.2) is 0 Å². The lowest BCUT2D eigenvalue weighted by Crippen LogP contribution is -2.02. The largest absolute Gasteiger partial charge is 0.497 e. The van der Waals surface area contributed by atoms with Gasteiger partial charge in [0.1, 0.15) is 11.9 Å². The van der Waals surface area contributed by atoms with Crippen LogP contribution < -0.4 is 4.74 Å². The summed E-state index contributed by atoms with van der Waals surface area (Å²) in [4.78, 5) is 0. The highest BCUT2D eigenvalue weighted by Gasteiger charge is 2.13. The Kier molecular flexibility index (Phi) is 6.27. The molecule has 26 heavy (non-hydrogen) atoms. The summed E-state index contributed by atoms with van der Waals surface area (Å²) in [5.74, 6) is 0.835. The van der Waals surface area contributed by atoms with Crippen molar-refractivity contribution < 1.29 is 9.47 Å². The summed E-state index contributed by atoms with van der Waals surface area (Å²) in [5, 5.41) is 0. The van der Waals surface area contributed by atoms with Crippen LogP contribution in [-0.2, 0) is 4.74 Å². The van der Waals surface area contributed by atoms with E-state index in [4.69, 9.17) is 9.47 Å². The van der Waals surface area contributed by atoms with Crippen LogP contribution >= 0.6 is 0 Å². The first-order valence-electron chi connectivity index (χ1n) is 8.59. The van der Waals surface area contributed by atoms with Gasteiger partial charge in [0.05, 0.1) is 13.4 Å². The van der Waals surface area contributed by atoms with E-state index in [-0.39, 0.29) is 6.10 Å². The Morgan fingerprint density at radius 1 is 0.692 bits per heavy atom. The standard InChI is InChI=1S/C24H22O2/c1-25-23-17-15-22(16-18-23)24(21-13-6-3-7-14-21)26-19-9-8-12-20-10-4-2-5-11-20/h2-19,24H,1H3. The van der Waals surface area contributed by atoms with Crippen LogP contribution in [0, 0.1) is 0 Å². The Bertz CT molecular complexity index is 834. The van der Waals surface area contributed by atoms with Crippen LogP contribution in [0.15, 0.2) is 103 Å². The minimum atomic E-state index is -0.163. The van der Waals surface area contributed by atoms with Crippen LogP contribution in [0.3, 0.4) is 0 Å². The molecule has 3 aromatic carbocycles. The molecule has 0 aromatic heterocycles. The highest BCUT2D eigenvalue weighted by Crippen LogP contribution is 2.27. The van der Waals surface area contributed by atoms with Gasteiger partial charge in [-0.25, -0.2) is 0 Å². The third-order valence-corrected chi connectivity index (χ3v) is 4.01. The van der Waals surface area contributed by atoms with Crippen molar-refractivity contribution in [1.82, 2.24) is 0 Å². The van der Waals surface area contributed by atoms with Crippen LogP contribution in [0.2, 0.25) is 0 Å². The van der Waals surface area contributed by atoms with Gasteiger partial charge < -0.3 is 9.47 Å². The van der Waals surface area contributed by atoms with E-state index in [0.717, 1.165) is 22.4 Å². The maximum Gasteiger partial charge on any atom is 0.148 e. The molecule has 3 rings (SSSR count). The highest BCUT2D eigenvalue weighted by atomic mass is 16.5. The maximum atomic E-state index is 6.05. The molecule has 2 nitrogen and oxygen atoms in total. The van der Waals surface area contributed by atoms with Crippen molar-refractivity contribution >= 4 is 6.08 Å². The van der Waals surface area contributed by atoms with Gasteiger partial charge in [-0.1, -0.05) is 84.9 Å². The molecule has 0 bridgehead atoms. The fourth-order valence-electron chi connectivity index (χ4n) is 2.66. The first kappa shape index (κ1) is 17.6. The van der Waals surface area contributed by atoms with Gasteiger partial charge in [-0.05, 0) is 34.9 Å². The van der Waals surface area contributed by atoms with Crippen LogP contribution in [0.25, 0.3) is 6.08 Å². The van der Waals surface area contributed by atoms with Gasteiger partial charge in [0, 0.05) is 0 Å². The maximum absolute atomic E-state index is 6.05. The van der Waals surface area contributed by atoms with E-state index in [2.05, 4.69) is 24.3 Å². The number of methoxy groups -OCH3 is 1. The molecule has 1 atom stereocenters. The Balaban J connectivity index is 1.73. The number of allylic oxidation sites excluding steroid dienone is 2. The zero-order valence-corrected chi connectivity index (χ0v) is 14.8. The van der Waals surface area contributed by atoms with E-state index >= 15 is 0 Å². The fourth-order valence-corrected chi connectivity index (χ4v) is 2.66. The zero-order valence-electron chi connectivity index (χ0n) is 14.8. The van der Waals surface area contributed by atoms with Gasteiger partial charge in [-0.15, -0.1) is 0 Å². The SMILES string of the molecule is COc1ccc(C(OC=CC=Cc2ccccc2)c2ccccc2)cc1. The molecule has 0 aliphatic rings. The smallest absolute Gasteiger partial charge is 0.148 e. The summed E-state index contributed by atoms with van der Waals surface area (Å²) < 4.78 is 11.3. The Morgan fingerprint density at radius 3 is 1.96 bits per heavy atom. The quantitative estimate of drug-likeness (QED) is 0.385. The summed E-state index contributed by atoms with van der Waals surface area (Å²) in [5.41, 5.74) is 3.34. The van der Waals surface area contributed by atoms with Gasteiger partial charge in [0.2, 0.25) is 0 Å². The molecule has 1 unspecified atom stereocenters. The molecule has 0 amide bonds. The Hall–Kier alpha value is -3.26. The molecule has 0 saturated carbocycles. The van der Waals surface area contributed by atoms with Crippen LogP contribution in [0.4, 0.5) is 0 Å². The average Bonchev–Trinajstić information content (AvgIpc) is 2.72. The number of benzene rings is 3. The lowest BCUT2D eigenvalue weighted by molar-refractivity contribution is 0.183. The summed E-state index contributed by atoms with van der Waals surface area (Å²) in [6.07, 6.45) is 7.51. The molecule has 0 N–H and O–H groups in total. The van der Waals surface area contributed by atoms with Crippen molar-refractivity contribution in [2.75, 3.05) is 7.11 Å². The number of ether oxygens (including phenoxy) is 2. The molecule has 0 aliphatic heterocycles. The molecule has 3 aromatic rings. The molecular formula is C24H22O2. The second kappa shape index (κ2) is 9.28.